The van der Waals surface area contributed by atoms with E-state index in [1.165, 1.54) is 38.6 Å². The Hall–Kier alpha value is -1.37. The van der Waals surface area contributed by atoms with Gasteiger partial charge in [0.1, 0.15) is 0 Å². The van der Waals surface area contributed by atoms with E-state index in [1.807, 2.05) is 23.3 Å². The van der Waals surface area contributed by atoms with Gasteiger partial charge < -0.3 is 0 Å². The molecule has 3 aromatic rings. The fourth-order valence-electron chi connectivity index (χ4n) is 3.54. The maximum Gasteiger partial charge on any atom is -0.0623 e. The van der Waals surface area contributed by atoms with E-state index in [0.29, 0.717) is 11.4 Å². The number of allylic oxidation sites excluding steroid dienone is 4. The van der Waals surface area contributed by atoms with Crippen LogP contribution in [0.15, 0.2) is 83.4 Å². The zero-order chi connectivity index (χ0) is 20.8. The third-order valence-corrected chi connectivity index (χ3v) is 11.6. The molecule has 2 aliphatic rings. The van der Waals surface area contributed by atoms with E-state index in [9.17, 15) is 0 Å². The van der Waals surface area contributed by atoms with Crippen molar-refractivity contribution in [3.63, 3.8) is 0 Å². The molecule has 5 rings (SSSR count). The average Bonchev–Trinajstić information content (AvgIpc) is 3.25. The number of fused-ring (bicyclic) bond motifs is 1. The Balaban J connectivity index is 0.000000145. The summed E-state index contributed by atoms with van der Waals surface area (Å²) in [6.07, 6.45) is 4.91. The van der Waals surface area contributed by atoms with Crippen LogP contribution in [0.4, 0.5) is 0 Å². The standard InChI is InChI=1S/C15H11.C9H13.C3H6Si.Zr/c1-2-6-12(7-3-1)15-11-10-13-8-4-5-9-14(13)15;1-6-5-7(2)9(4)8(6)3;1-2-4-3-1;/h1-11H;6H,1-4H3;1-3H2;/q2*-1;;+2. The van der Waals surface area contributed by atoms with Crippen LogP contribution in [0.1, 0.15) is 34.1 Å². The molecular formula is C27H30SiZr. The Morgan fingerprint density at radius 1 is 0.966 bits per heavy atom. The summed E-state index contributed by atoms with van der Waals surface area (Å²) >= 11 is 1.86. The van der Waals surface area contributed by atoms with Crippen molar-refractivity contribution in [1.82, 2.24) is 0 Å². The van der Waals surface area contributed by atoms with Gasteiger partial charge in [0.2, 0.25) is 0 Å². The van der Waals surface area contributed by atoms with Gasteiger partial charge in [0.25, 0.3) is 0 Å². The molecule has 1 atom stereocenters. The van der Waals surface area contributed by atoms with Gasteiger partial charge in [-0.3, -0.25) is 6.08 Å². The zero-order valence-electron chi connectivity index (χ0n) is 18.0. The molecular weight excluding hydrogens is 444 g/mol. The number of benzene rings is 2. The second-order valence-corrected chi connectivity index (χ2v) is 15.4. The van der Waals surface area contributed by atoms with E-state index >= 15 is 0 Å². The molecule has 2 heteroatoms. The maximum absolute atomic E-state index is 3.36. The summed E-state index contributed by atoms with van der Waals surface area (Å²) in [5, 5.41) is 2.65. The Labute approximate surface area is 191 Å². The van der Waals surface area contributed by atoms with Crippen molar-refractivity contribution < 1.29 is 23.3 Å². The predicted molar refractivity (Wildman–Crippen MR) is 125 cm³/mol. The Morgan fingerprint density at radius 3 is 2.07 bits per heavy atom. The van der Waals surface area contributed by atoms with Crippen molar-refractivity contribution >= 4 is 16.2 Å². The minimum atomic E-state index is 0.397. The average molecular weight is 474 g/mol. The van der Waals surface area contributed by atoms with Crippen LogP contribution >= 0.6 is 0 Å². The number of hydrogen-bond donors (Lipinski definition) is 0. The van der Waals surface area contributed by atoms with Gasteiger partial charge >= 0.3 is 47.3 Å². The predicted octanol–water partition coefficient (Wildman–Crippen LogP) is 7.88. The van der Waals surface area contributed by atoms with Gasteiger partial charge in [-0.2, -0.15) is 11.1 Å². The fourth-order valence-corrected chi connectivity index (χ4v) is 6.85. The minimum Gasteiger partial charge on any atom is -0.150 e. The topological polar surface area (TPSA) is 0 Å². The van der Waals surface area contributed by atoms with Crippen LogP contribution in [0.25, 0.3) is 21.9 Å². The molecule has 0 nitrogen and oxygen atoms in total. The Morgan fingerprint density at radius 2 is 1.59 bits per heavy atom. The summed E-state index contributed by atoms with van der Waals surface area (Å²) in [6.45, 7) is 8.67. The molecule has 0 amide bonds. The molecule has 0 N–H and O–H groups in total. The second-order valence-electron chi connectivity index (χ2n) is 7.96. The molecule has 1 heterocycles. The van der Waals surface area contributed by atoms with Crippen molar-refractivity contribution in [2.45, 2.75) is 46.2 Å². The molecule has 1 aliphatic heterocycles. The molecule has 0 bridgehead atoms. The van der Waals surface area contributed by atoms with Crippen LogP contribution in [0.2, 0.25) is 12.1 Å². The van der Waals surface area contributed by atoms with Gasteiger partial charge in [0.15, 0.2) is 0 Å². The van der Waals surface area contributed by atoms with Crippen molar-refractivity contribution in [2.24, 2.45) is 5.92 Å². The van der Waals surface area contributed by atoms with E-state index in [0.717, 1.165) is 0 Å². The maximum atomic E-state index is 3.36. The van der Waals surface area contributed by atoms with Gasteiger partial charge in [-0.05, 0) is 0 Å². The van der Waals surface area contributed by atoms with Gasteiger partial charge in [-0.1, -0.05) is 68.7 Å². The van der Waals surface area contributed by atoms with Crippen LogP contribution in [0.5, 0.6) is 0 Å². The first-order valence-corrected chi connectivity index (χ1v) is 16.1. The van der Waals surface area contributed by atoms with Gasteiger partial charge in [0, 0.05) is 0 Å². The van der Waals surface area contributed by atoms with Crippen LogP contribution in [-0.4, -0.2) is 5.43 Å². The van der Waals surface area contributed by atoms with E-state index in [2.05, 4.69) is 101 Å². The van der Waals surface area contributed by atoms with E-state index < -0.39 is 0 Å². The van der Waals surface area contributed by atoms with Gasteiger partial charge in [-0.25, -0.2) is 5.57 Å². The quantitative estimate of drug-likeness (QED) is 0.249. The molecule has 146 valence electrons. The van der Waals surface area contributed by atoms with Crippen molar-refractivity contribution in [3.8, 4) is 11.1 Å². The minimum absolute atomic E-state index is 0.397. The summed E-state index contributed by atoms with van der Waals surface area (Å²) < 4.78 is 0. The third kappa shape index (κ3) is 5.83. The third-order valence-electron chi connectivity index (χ3n) is 5.96. The number of rotatable bonds is 1. The zero-order valence-corrected chi connectivity index (χ0v) is 21.5. The van der Waals surface area contributed by atoms with Crippen molar-refractivity contribution in [2.75, 3.05) is 0 Å². The summed E-state index contributed by atoms with van der Waals surface area (Å²) in [6, 6.07) is 26.7. The Kier molecular flexibility index (Phi) is 8.16. The van der Waals surface area contributed by atoms with Gasteiger partial charge in [-0.15, -0.1) is 53.6 Å². The second kappa shape index (κ2) is 10.6. The number of hydrogen-bond acceptors (Lipinski definition) is 0. The summed E-state index contributed by atoms with van der Waals surface area (Å²) in [7, 11) is 0. The van der Waals surface area contributed by atoms with Crippen LogP contribution in [0, 0.1) is 12.0 Å². The molecule has 3 aromatic carbocycles. The van der Waals surface area contributed by atoms with Crippen LogP contribution in [-0.2, 0) is 23.3 Å². The molecule has 0 radical (unpaired) electrons. The van der Waals surface area contributed by atoms with E-state index in [-0.39, 0.29) is 0 Å². The molecule has 1 aliphatic carbocycles. The van der Waals surface area contributed by atoms with E-state index in [4.69, 9.17) is 0 Å². The molecule has 29 heavy (non-hydrogen) atoms. The first kappa shape index (κ1) is 22.3. The van der Waals surface area contributed by atoms with Crippen LogP contribution < -0.4 is 0 Å². The van der Waals surface area contributed by atoms with Gasteiger partial charge in [0.05, 0.1) is 0 Å². The van der Waals surface area contributed by atoms with E-state index in [1.54, 1.807) is 18.5 Å². The Bertz CT molecular complexity index is 1030. The molecule has 1 fully saturated rings. The molecule has 1 unspecified atom stereocenters. The van der Waals surface area contributed by atoms with Crippen molar-refractivity contribution in [3.05, 3.63) is 89.5 Å². The monoisotopic (exact) mass is 472 g/mol. The molecule has 1 saturated heterocycles. The summed E-state index contributed by atoms with van der Waals surface area (Å²) in [5.74, 6) is 0.560. The first-order chi connectivity index (χ1) is 14.0. The van der Waals surface area contributed by atoms with Crippen molar-refractivity contribution in [1.29, 1.82) is 0 Å². The SMILES string of the molecule is CC1=[C-]C(C)C(C)=C1C.[Zr+2]=[Si]1CCC1.c1ccc(-c2c[cH-]c3ccccc23)cc1. The molecule has 0 aromatic heterocycles. The largest absolute Gasteiger partial charge is 0.150 e. The molecule has 0 spiro atoms. The fraction of sp³-hybridized carbons (Fsp3) is 0.296. The normalized spacial score (nSPS) is 17.8. The smallest absolute Gasteiger partial charge is 0.0623 e. The molecule has 0 saturated carbocycles. The van der Waals surface area contributed by atoms with Crippen LogP contribution in [0.3, 0.4) is 0 Å². The first-order valence-electron chi connectivity index (χ1n) is 10.5. The summed E-state index contributed by atoms with van der Waals surface area (Å²) in [5.41, 5.74) is 7.26. The summed E-state index contributed by atoms with van der Waals surface area (Å²) in [4.78, 5) is 0.